The average Bonchev–Trinajstić information content (AvgIpc) is 3.12. The number of thiazole rings is 1. The Hall–Kier alpha value is -2.61. The van der Waals surface area contributed by atoms with Gasteiger partial charge in [-0.1, -0.05) is 56.4 Å². The van der Waals surface area contributed by atoms with Gasteiger partial charge in [-0.3, -0.25) is 4.79 Å². The van der Waals surface area contributed by atoms with Crippen LogP contribution in [0.3, 0.4) is 0 Å². The van der Waals surface area contributed by atoms with Crippen LogP contribution in [0, 0.1) is 5.92 Å². The van der Waals surface area contributed by atoms with Crippen molar-refractivity contribution in [1.82, 2.24) is 4.98 Å². The van der Waals surface area contributed by atoms with Crippen LogP contribution < -0.4 is 10.5 Å². The van der Waals surface area contributed by atoms with Gasteiger partial charge in [0.05, 0.1) is 10.6 Å². The number of primary amides is 1. The topological polar surface area (TPSA) is 65.2 Å². The summed E-state index contributed by atoms with van der Waals surface area (Å²) >= 11 is 1.19. The summed E-state index contributed by atoms with van der Waals surface area (Å²) in [5.74, 6) is -0.368. The number of nitrogens with zero attached hydrogens (tertiary/aromatic N) is 1. The minimum Gasteiger partial charge on any atom is -0.405 e. The monoisotopic (exact) mass is 434 g/mol. The Labute approximate surface area is 175 Å². The lowest BCUT2D eigenvalue weighted by molar-refractivity contribution is -0.274. The molecule has 1 aliphatic rings. The number of fused-ring (bicyclic) bond motifs is 1. The maximum absolute atomic E-state index is 12.8. The van der Waals surface area contributed by atoms with Crippen LogP contribution in [-0.4, -0.2) is 17.3 Å². The zero-order valence-corrected chi connectivity index (χ0v) is 17.0. The fourth-order valence-corrected chi connectivity index (χ4v) is 5.14. The third-order valence-corrected chi connectivity index (χ3v) is 6.61. The number of hydrogen-bond acceptors (Lipinski definition) is 4. The van der Waals surface area contributed by atoms with Gasteiger partial charge < -0.3 is 10.5 Å². The second-order valence-electron chi connectivity index (χ2n) is 7.57. The zero-order valence-electron chi connectivity index (χ0n) is 16.2. The van der Waals surface area contributed by atoms with Crippen molar-refractivity contribution in [3.63, 3.8) is 0 Å². The van der Waals surface area contributed by atoms with Gasteiger partial charge >= 0.3 is 6.36 Å². The fraction of sp³-hybridized carbons (Fsp3) is 0.364. The van der Waals surface area contributed by atoms with Crippen molar-refractivity contribution in [1.29, 1.82) is 0 Å². The van der Waals surface area contributed by atoms with Crippen LogP contribution in [0.5, 0.6) is 5.75 Å². The Kier molecular flexibility index (Phi) is 5.69. The first-order chi connectivity index (χ1) is 14.3. The third-order valence-electron chi connectivity index (χ3n) is 5.47. The molecule has 0 unspecified atom stereocenters. The lowest BCUT2D eigenvalue weighted by Crippen LogP contribution is -2.17. The molecule has 0 aliphatic heterocycles. The molecule has 1 aromatic heterocycles. The van der Waals surface area contributed by atoms with E-state index < -0.39 is 12.3 Å². The van der Waals surface area contributed by atoms with Crippen LogP contribution >= 0.6 is 11.3 Å². The molecule has 1 aliphatic carbocycles. The van der Waals surface area contributed by atoms with E-state index >= 15 is 0 Å². The van der Waals surface area contributed by atoms with Gasteiger partial charge in [0, 0.05) is 10.9 Å². The molecule has 4 rings (SSSR count). The highest BCUT2D eigenvalue weighted by molar-refractivity contribution is 7.17. The number of alkyl halides is 3. The minimum absolute atomic E-state index is 0.218. The molecule has 0 saturated heterocycles. The molecule has 30 heavy (non-hydrogen) atoms. The molecule has 4 nitrogen and oxygen atoms in total. The lowest BCUT2D eigenvalue weighted by Gasteiger charge is -2.21. The second kappa shape index (κ2) is 8.26. The predicted molar refractivity (Wildman–Crippen MR) is 111 cm³/mol. The molecule has 0 bridgehead atoms. The van der Waals surface area contributed by atoms with Crippen LogP contribution in [0.4, 0.5) is 13.2 Å². The number of benzene rings is 2. The van der Waals surface area contributed by atoms with Gasteiger partial charge in [0.1, 0.15) is 5.75 Å². The summed E-state index contributed by atoms with van der Waals surface area (Å²) in [6.07, 6.45) is 1.77. The van der Waals surface area contributed by atoms with E-state index in [-0.39, 0.29) is 10.8 Å². The standard InChI is InChI=1S/C22H21F3N2O2S/c23-22(24,25)29-18-11-10-16(14-8-4-5-9-15(14)18)19-17(27-21(30-19)20(26)28)12-13-6-2-1-3-7-13/h4-5,8-11,13H,1-3,6-7,12H2,(H2,26,28). The normalized spacial score (nSPS) is 15.4. The molecule has 2 aromatic carbocycles. The highest BCUT2D eigenvalue weighted by Crippen LogP contribution is 2.41. The second-order valence-corrected chi connectivity index (χ2v) is 8.57. The van der Waals surface area contributed by atoms with E-state index in [0.29, 0.717) is 16.7 Å². The third kappa shape index (κ3) is 4.43. The summed E-state index contributed by atoms with van der Waals surface area (Å²) in [6, 6.07) is 9.70. The largest absolute Gasteiger partial charge is 0.573 e. The maximum atomic E-state index is 12.8. The lowest BCUT2D eigenvalue weighted by atomic mass is 9.85. The van der Waals surface area contributed by atoms with E-state index in [1.807, 2.05) is 0 Å². The van der Waals surface area contributed by atoms with E-state index in [1.165, 1.54) is 36.7 Å². The molecule has 1 saturated carbocycles. The first-order valence-electron chi connectivity index (χ1n) is 9.89. The molecule has 8 heteroatoms. The highest BCUT2D eigenvalue weighted by Gasteiger charge is 2.32. The zero-order chi connectivity index (χ0) is 21.3. The van der Waals surface area contributed by atoms with Gasteiger partial charge in [-0.05, 0) is 29.9 Å². The van der Waals surface area contributed by atoms with Gasteiger partial charge in [-0.15, -0.1) is 24.5 Å². The van der Waals surface area contributed by atoms with Crippen molar-refractivity contribution >= 4 is 28.0 Å². The molecule has 158 valence electrons. The molecule has 1 amide bonds. The quantitative estimate of drug-likeness (QED) is 0.529. The fourth-order valence-electron chi connectivity index (χ4n) is 4.15. The SMILES string of the molecule is NC(=O)c1nc(CC2CCCCC2)c(-c2ccc(OC(F)(F)F)c3ccccc23)s1. The molecule has 1 heterocycles. The number of aromatic nitrogens is 1. The van der Waals surface area contributed by atoms with Crippen molar-refractivity contribution in [2.45, 2.75) is 44.9 Å². The van der Waals surface area contributed by atoms with E-state index in [1.54, 1.807) is 30.3 Å². The number of amides is 1. The summed E-state index contributed by atoms with van der Waals surface area (Å²) in [4.78, 5) is 17.1. The van der Waals surface area contributed by atoms with Crippen molar-refractivity contribution in [3.05, 3.63) is 47.1 Å². The van der Waals surface area contributed by atoms with Crippen molar-refractivity contribution in [3.8, 4) is 16.2 Å². The summed E-state index contributed by atoms with van der Waals surface area (Å²) in [6.45, 7) is 0. The molecule has 0 atom stereocenters. The number of carbonyl (C=O) groups is 1. The summed E-state index contributed by atoms with van der Waals surface area (Å²) < 4.78 is 42.7. The number of rotatable bonds is 5. The summed E-state index contributed by atoms with van der Waals surface area (Å²) in [7, 11) is 0. The number of halogens is 3. The van der Waals surface area contributed by atoms with Crippen LogP contribution in [0.1, 0.15) is 47.6 Å². The Morgan fingerprint density at radius 3 is 2.47 bits per heavy atom. The van der Waals surface area contributed by atoms with Gasteiger partial charge in [0.2, 0.25) is 0 Å². The van der Waals surface area contributed by atoms with Crippen LogP contribution in [-0.2, 0) is 6.42 Å². The van der Waals surface area contributed by atoms with Gasteiger partial charge in [0.25, 0.3) is 5.91 Å². The van der Waals surface area contributed by atoms with E-state index in [9.17, 15) is 18.0 Å². The Morgan fingerprint density at radius 1 is 1.10 bits per heavy atom. The molecular weight excluding hydrogens is 413 g/mol. The maximum Gasteiger partial charge on any atom is 0.573 e. The Bertz CT molecular complexity index is 1070. The van der Waals surface area contributed by atoms with Gasteiger partial charge in [-0.25, -0.2) is 4.98 Å². The average molecular weight is 434 g/mol. The van der Waals surface area contributed by atoms with Crippen molar-refractivity contribution in [2.75, 3.05) is 0 Å². The summed E-state index contributed by atoms with van der Waals surface area (Å²) in [5, 5.41) is 1.18. The van der Waals surface area contributed by atoms with Crippen molar-refractivity contribution < 1.29 is 22.7 Å². The highest BCUT2D eigenvalue weighted by atomic mass is 32.1. The van der Waals surface area contributed by atoms with Crippen LogP contribution in [0.2, 0.25) is 0 Å². The predicted octanol–water partition coefficient (Wildman–Crippen LogP) is 6.08. The number of hydrogen-bond donors (Lipinski definition) is 1. The van der Waals surface area contributed by atoms with Crippen LogP contribution in [0.15, 0.2) is 36.4 Å². The summed E-state index contributed by atoms with van der Waals surface area (Å²) in [5.41, 5.74) is 7.00. The minimum atomic E-state index is -4.78. The molecule has 0 radical (unpaired) electrons. The first kappa shape index (κ1) is 20.7. The van der Waals surface area contributed by atoms with E-state index in [2.05, 4.69) is 9.72 Å². The van der Waals surface area contributed by atoms with Gasteiger partial charge in [-0.2, -0.15) is 0 Å². The smallest absolute Gasteiger partial charge is 0.405 e. The Morgan fingerprint density at radius 2 is 1.80 bits per heavy atom. The Balaban J connectivity index is 1.81. The first-order valence-corrected chi connectivity index (χ1v) is 10.7. The molecule has 0 spiro atoms. The van der Waals surface area contributed by atoms with E-state index in [0.717, 1.165) is 35.4 Å². The molecule has 2 N–H and O–H groups in total. The van der Waals surface area contributed by atoms with Crippen LogP contribution in [0.25, 0.3) is 21.2 Å². The number of ether oxygens (including phenoxy) is 1. The number of nitrogens with two attached hydrogens (primary N) is 1. The van der Waals surface area contributed by atoms with E-state index in [4.69, 9.17) is 5.73 Å². The van der Waals surface area contributed by atoms with Gasteiger partial charge in [0.15, 0.2) is 5.01 Å². The van der Waals surface area contributed by atoms with Crippen molar-refractivity contribution in [2.24, 2.45) is 11.7 Å². The number of carbonyl (C=O) groups excluding carboxylic acids is 1. The molecule has 3 aromatic rings. The molecule has 1 fully saturated rings. The molecular formula is C22H21F3N2O2S.